The van der Waals surface area contributed by atoms with E-state index in [1.807, 2.05) is 0 Å². The number of nitrogens with one attached hydrogen (secondary N) is 1. The molecule has 2 saturated heterocycles. The molecule has 12 nitrogen and oxygen atoms in total. The molecule has 0 aliphatic carbocycles. The van der Waals surface area contributed by atoms with Crippen molar-refractivity contribution < 1.29 is 54.7 Å². The number of aliphatic hydroxyl groups is 7. The lowest BCUT2D eigenvalue weighted by Gasteiger charge is -2.45. The number of rotatable bonds is 5. The number of aliphatic hydroxyl groups excluding tert-OH is 7. The number of ether oxygens (including phenoxy) is 4. The van der Waals surface area contributed by atoms with Gasteiger partial charge in [-0.15, -0.1) is 0 Å². The van der Waals surface area contributed by atoms with Gasteiger partial charge in [0, 0.05) is 0 Å². The molecule has 15 heteroatoms. The van der Waals surface area contributed by atoms with Crippen LogP contribution in [0.1, 0.15) is 0 Å². The molecule has 2 aliphatic rings. The van der Waals surface area contributed by atoms with Gasteiger partial charge in [0.05, 0.1) is 13.2 Å². The molecule has 0 aromatic heterocycles. The summed E-state index contributed by atoms with van der Waals surface area (Å²) >= 11 is 16.4. The van der Waals surface area contributed by atoms with Gasteiger partial charge in [-0.05, 0) is 0 Å². The van der Waals surface area contributed by atoms with Crippen LogP contribution in [-0.4, -0.2) is 120 Å². The summed E-state index contributed by atoms with van der Waals surface area (Å²) in [4.78, 5) is 0. The average Bonchev–Trinajstić information content (AvgIpc) is 2.66. The predicted molar refractivity (Wildman–Crippen MR) is 95.5 cm³/mol. The monoisotopic (exact) mass is 485 g/mol. The normalized spacial score (nSPS) is 43.8. The second-order valence-electron chi connectivity index (χ2n) is 6.45. The Hall–Kier alpha value is -0.0600. The van der Waals surface area contributed by atoms with Gasteiger partial charge in [0.15, 0.2) is 6.29 Å². The van der Waals surface area contributed by atoms with E-state index in [0.717, 1.165) is 0 Å². The third-order valence-electron chi connectivity index (χ3n) is 4.45. The minimum absolute atomic E-state index is 0.713. The molecule has 0 bridgehead atoms. The van der Waals surface area contributed by atoms with Gasteiger partial charge >= 0.3 is 0 Å². The lowest BCUT2D eigenvalue weighted by Crippen LogP contribution is -2.65. The molecule has 2 rings (SSSR count). The van der Waals surface area contributed by atoms with Gasteiger partial charge in [0.25, 0.3) is 3.79 Å². The van der Waals surface area contributed by atoms with E-state index in [1.165, 1.54) is 0 Å². The number of hydrogen-bond donors (Lipinski definition) is 8. The van der Waals surface area contributed by atoms with E-state index in [4.69, 9.17) is 59.2 Å². The first kappa shape index (κ1) is 25.2. The molecule has 29 heavy (non-hydrogen) atoms. The zero-order valence-electron chi connectivity index (χ0n) is 14.6. The molecular formula is C14H22Cl3NO11. The molecule has 0 aromatic rings. The fourth-order valence-corrected chi connectivity index (χ4v) is 2.97. The van der Waals surface area contributed by atoms with Crippen LogP contribution in [0.15, 0.2) is 0 Å². The maximum Gasteiger partial charge on any atom is 0.265 e. The summed E-state index contributed by atoms with van der Waals surface area (Å²) in [7, 11) is 0. The Morgan fingerprint density at radius 3 is 1.83 bits per heavy atom. The van der Waals surface area contributed by atoms with E-state index in [-0.39, 0.29) is 0 Å². The molecule has 10 atom stereocenters. The first-order valence-electron chi connectivity index (χ1n) is 8.33. The van der Waals surface area contributed by atoms with Crippen molar-refractivity contribution in [2.75, 3.05) is 13.2 Å². The predicted octanol–water partition coefficient (Wildman–Crippen LogP) is -3.03. The zero-order valence-corrected chi connectivity index (χ0v) is 16.9. The van der Waals surface area contributed by atoms with Gasteiger partial charge in [0.1, 0.15) is 48.8 Å². The molecule has 170 valence electrons. The highest BCUT2D eigenvalue weighted by Crippen LogP contribution is 2.32. The van der Waals surface area contributed by atoms with Gasteiger partial charge in [0.2, 0.25) is 12.2 Å². The highest BCUT2D eigenvalue weighted by Gasteiger charge is 2.51. The van der Waals surface area contributed by atoms with Crippen LogP contribution in [0.4, 0.5) is 0 Å². The summed E-state index contributed by atoms with van der Waals surface area (Å²) in [5.74, 6) is -0.913. The molecule has 2 heterocycles. The number of halogens is 3. The highest BCUT2D eigenvalue weighted by atomic mass is 35.6. The second kappa shape index (κ2) is 10.0. The number of alkyl halides is 3. The van der Waals surface area contributed by atoms with Gasteiger partial charge in [-0.2, -0.15) is 0 Å². The Labute approximate surface area is 179 Å². The Balaban J connectivity index is 2.12. The SMILES string of the molecule is N=C(OC1O[C@H](CO)[C@@H](O[C@@H]2O[C@H](CO)[C@H](O)[C@H](O)[C@H]2O)[C@H](O)[C@H]1O)C(Cl)(Cl)Cl. The van der Waals surface area contributed by atoms with Crippen molar-refractivity contribution >= 4 is 40.7 Å². The molecule has 0 aromatic carbocycles. The molecule has 8 N–H and O–H groups in total. The lowest BCUT2D eigenvalue weighted by atomic mass is 9.97. The molecule has 0 radical (unpaired) electrons. The minimum atomic E-state index is -2.27. The summed E-state index contributed by atoms with van der Waals surface area (Å²) in [5.41, 5.74) is 0. The Bertz CT molecular complexity index is 563. The molecule has 0 saturated carbocycles. The molecule has 2 fully saturated rings. The fourth-order valence-electron chi connectivity index (χ4n) is 2.84. The van der Waals surface area contributed by atoms with E-state index < -0.39 is 84.3 Å². The number of hydrogen-bond acceptors (Lipinski definition) is 12. The maximum absolute atomic E-state index is 10.4. The Morgan fingerprint density at radius 2 is 1.31 bits per heavy atom. The van der Waals surface area contributed by atoms with Crippen LogP contribution in [0.25, 0.3) is 0 Å². The summed E-state index contributed by atoms with van der Waals surface area (Å²) in [6.45, 7) is -1.48. The summed E-state index contributed by atoms with van der Waals surface area (Å²) in [6.07, 6.45) is -16.3. The van der Waals surface area contributed by atoms with Crippen LogP contribution in [0.2, 0.25) is 0 Å². The molecule has 1 unspecified atom stereocenters. The van der Waals surface area contributed by atoms with Crippen molar-refractivity contribution in [2.45, 2.75) is 65.2 Å². The summed E-state index contributed by atoms with van der Waals surface area (Å²) < 4.78 is 18.4. The van der Waals surface area contributed by atoms with Crippen LogP contribution >= 0.6 is 34.8 Å². The van der Waals surface area contributed by atoms with Crippen LogP contribution in [0, 0.1) is 5.41 Å². The van der Waals surface area contributed by atoms with Gasteiger partial charge < -0.3 is 54.7 Å². The van der Waals surface area contributed by atoms with Crippen molar-refractivity contribution in [3.05, 3.63) is 0 Å². The van der Waals surface area contributed by atoms with Crippen molar-refractivity contribution in [3.8, 4) is 0 Å². The van der Waals surface area contributed by atoms with Crippen molar-refractivity contribution in [3.63, 3.8) is 0 Å². The van der Waals surface area contributed by atoms with Crippen molar-refractivity contribution in [2.24, 2.45) is 0 Å². The van der Waals surface area contributed by atoms with E-state index >= 15 is 0 Å². The van der Waals surface area contributed by atoms with Crippen LogP contribution in [0.5, 0.6) is 0 Å². The third-order valence-corrected chi connectivity index (χ3v) is 4.97. The standard InChI is InChI=1S/C14H22Cl3NO11/c15-14(16,17)13(18)29-12-9(25)7(23)10(4(2-20)27-12)28-11-8(24)6(22)5(21)3(1-19)26-11/h3-12,18-25H,1-2H2/t3-,4-,5+,6+,7-,8-,9-,10-,11+,12?/m1/s1. The fraction of sp³-hybridized carbons (Fsp3) is 0.929. The average molecular weight is 487 g/mol. The summed E-state index contributed by atoms with van der Waals surface area (Å²) in [5, 5.41) is 76.5. The zero-order chi connectivity index (χ0) is 22.1. The van der Waals surface area contributed by atoms with E-state index in [0.29, 0.717) is 0 Å². The Morgan fingerprint density at radius 1 is 0.793 bits per heavy atom. The van der Waals surface area contributed by atoms with E-state index in [9.17, 15) is 35.7 Å². The molecule has 0 amide bonds. The van der Waals surface area contributed by atoms with E-state index in [1.54, 1.807) is 0 Å². The first-order chi connectivity index (χ1) is 13.4. The smallest absolute Gasteiger partial charge is 0.265 e. The van der Waals surface area contributed by atoms with Crippen LogP contribution in [0.3, 0.4) is 0 Å². The molecular weight excluding hydrogens is 465 g/mol. The summed E-state index contributed by atoms with van der Waals surface area (Å²) in [6, 6.07) is 0. The quantitative estimate of drug-likeness (QED) is 0.112. The molecule has 2 aliphatic heterocycles. The maximum atomic E-state index is 10.4. The topological polar surface area (TPSA) is 202 Å². The van der Waals surface area contributed by atoms with E-state index in [2.05, 4.69) is 0 Å². The van der Waals surface area contributed by atoms with Crippen molar-refractivity contribution in [1.29, 1.82) is 5.41 Å². The Kier molecular flexibility index (Phi) is 8.73. The second-order valence-corrected chi connectivity index (χ2v) is 8.73. The first-order valence-corrected chi connectivity index (χ1v) is 9.46. The van der Waals surface area contributed by atoms with Crippen LogP contribution < -0.4 is 0 Å². The highest BCUT2D eigenvalue weighted by molar-refractivity contribution is 6.76. The largest absolute Gasteiger partial charge is 0.445 e. The lowest BCUT2D eigenvalue weighted by molar-refractivity contribution is -0.353. The van der Waals surface area contributed by atoms with Crippen LogP contribution in [-0.2, 0) is 18.9 Å². The van der Waals surface area contributed by atoms with Gasteiger partial charge in [-0.3, -0.25) is 5.41 Å². The third kappa shape index (κ3) is 5.60. The van der Waals surface area contributed by atoms with Gasteiger partial charge in [-0.1, -0.05) is 34.8 Å². The van der Waals surface area contributed by atoms with Gasteiger partial charge in [-0.25, -0.2) is 0 Å². The van der Waals surface area contributed by atoms with Crippen molar-refractivity contribution in [1.82, 2.24) is 0 Å². The molecule has 0 spiro atoms. The minimum Gasteiger partial charge on any atom is -0.445 e.